The van der Waals surface area contributed by atoms with Gasteiger partial charge in [-0.25, -0.2) is 0 Å². The largest absolute Gasteiger partial charge is 0.314 e. The predicted molar refractivity (Wildman–Crippen MR) is 81.9 cm³/mol. The van der Waals surface area contributed by atoms with Crippen molar-refractivity contribution < 1.29 is 4.79 Å². The zero-order chi connectivity index (χ0) is 13.5. The number of anilines is 1. The van der Waals surface area contributed by atoms with Gasteiger partial charge in [0, 0.05) is 18.0 Å². The van der Waals surface area contributed by atoms with Crippen LogP contribution in [0.15, 0.2) is 24.3 Å². The normalized spacial score (nSPS) is 30.5. The highest BCUT2D eigenvalue weighted by molar-refractivity contribution is 7.99. The minimum Gasteiger partial charge on any atom is -0.314 e. The van der Waals surface area contributed by atoms with Crippen LogP contribution < -0.4 is 4.90 Å². The molecule has 3 heteroatoms. The third-order valence-corrected chi connectivity index (χ3v) is 5.94. The lowest BCUT2D eigenvalue weighted by atomic mass is 9.79. The monoisotopic (exact) mass is 275 g/mol. The van der Waals surface area contributed by atoms with Crippen molar-refractivity contribution in [3.8, 4) is 0 Å². The van der Waals surface area contributed by atoms with Crippen molar-refractivity contribution in [3.05, 3.63) is 29.8 Å². The molecule has 1 saturated heterocycles. The lowest BCUT2D eigenvalue weighted by Crippen LogP contribution is -2.38. The molecule has 0 aromatic heterocycles. The van der Waals surface area contributed by atoms with Crippen molar-refractivity contribution in [1.29, 1.82) is 0 Å². The first-order valence-corrected chi connectivity index (χ1v) is 8.17. The Labute approximate surface area is 119 Å². The molecule has 0 N–H and O–H groups in total. The van der Waals surface area contributed by atoms with Gasteiger partial charge >= 0.3 is 0 Å². The van der Waals surface area contributed by atoms with Gasteiger partial charge in [-0.15, -0.1) is 0 Å². The smallest absolute Gasteiger partial charge is 0.237 e. The topological polar surface area (TPSA) is 20.3 Å². The average molecular weight is 275 g/mol. The Morgan fingerprint density at radius 2 is 2.16 bits per heavy atom. The van der Waals surface area contributed by atoms with Gasteiger partial charge in [-0.1, -0.05) is 24.6 Å². The summed E-state index contributed by atoms with van der Waals surface area (Å²) in [6, 6.07) is 8.26. The number of fused-ring (bicyclic) bond motifs is 1. The molecular weight excluding hydrogens is 254 g/mol. The molecule has 2 aliphatic rings. The van der Waals surface area contributed by atoms with Crippen LogP contribution in [0.3, 0.4) is 0 Å². The van der Waals surface area contributed by atoms with E-state index in [0.29, 0.717) is 5.25 Å². The summed E-state index contributed by atoms with van der Waals surface area (Å²) >= 11 is 2.06. The van der Waals surface area contributed by atoms with Crippen LogP contribution in [0, 0.1) is 0 Å². The van der Waals surface area contributed by atoms with E-state index in [9.17, 15) is 4.79 Å². The third-order valence-electron chi connectivity index (χ3n) is 4.55. The van der Waals surface area contributed by atoms with E-state index in [2.05, 4.69) is 36.9 Å². The Balaban J connectivity index is 1.91. The maximum absolute atomic E-state index is 12.7. The van der Waals surface area contributed by atoms with Gasteiger partial charge in [0.05, 0.1) is 5.41 Å². The molecule has 0 aliphatic carbocycles. The lowest BCUT2D eigenvalue weighted by molar-refractivity contribution is -0.122. The van der Waals surface area contributed by atoms with E-state index in [0.717, 1.165) is 12.1 Å². The van der Waals surface area contributed by atoms with E-state index in [1.807, 2.05) is 18.0 Å². The van der Waals surface area contributed by atoms with Gasteiger partial charge in [0.15, 0.2) is 0 Å². The third kappa shape index (κ3) is 2.08. The summed E-state index contributed by atoms with van der Waals surface area (Å²) < 4.78 is 0. The molecule has 102 valence electrons. The van der Waals surface area contributed by atoms with Crippen molar-refractivity contribution in [1.82, 2.24) is 0 Å². The Bertz CT molecular complexity index is 495. The van der Waals surface area contributed by atoms with E-state index in [1.54, 1.807) is 0 Å². The molecule has 1 amide bonds. The Morgan fingerprint density at radius 3 is 2.89 bits per heavy atom. The number of carbonyl (C=O) groups excluding carboxylic acids is 1. The molecule has 2 heterocycles. The quantitative estimate of drug-likeness (QED) is 0.822. The standard InChI is InChI=1S/C16H21NOS/c1-16(11-12-7-5-6-10-19-12)13-8-3-4-9-14(13)17(2)15(16)18/h3-4,8-9,12H,5-7,10-11H2,1-2H3. The van der Waals surface area contributed by atoms with Gasteiger partial charge in [0.2, 0.25) is 5.91 Å². The number of thioether (sulfide) groups is 1. The van der Waals surface area contributed by atoms with Gasteiger partial charge < -0.3 is 4.90 Å². The van der Waals surface area contributed by atoms with Gasteiger partial charge in [0.25, 0.3) is 0 Å². The van der Waals surface area contributed by atoms with Crippen LogP contribution in [-0.2, 0) is 10.2 Å². The molecule has 19 heavy (non-hydrogen) atoms. The van der Waals surface area contributed by atoms with Crippen LogP contribution in [0.2, 0.25) is 0 Å². The van der Waals surface area contributed by atoms with E-state index < -0.39 is 0 Å². The number of likely N-dealkylation sites (N-methyl/N-ethyl adjacent to an activating group) is 1. The number of carbonyl (C=O) groups is 1. The molecule has 2 aliphatic heterocycles. The van der Waals surface area contributed by atoms with Crippen LogP contribution in [0.25, 0.3) is 0 Å². The summed E-state index contributed by atoms with van der Waals surface area (Å²) in [4.78, 5) is 14.5. The number of rotatable bonds is 2. The number of benzene rings is 1. The van der Waals surface area contributed by atoms with Crippen LogP contribution >= 0.6 is 11.8 Å². The van der Waals surface area contributed by atoms with Crippen molar-refractivity contribution in [2.45, 2.75) is 43.3 Å². The molecule has 3 rings (SSSR count). The van der Waals surface area contributed by atoms with E-state index in [1.165, 1.54) is 30.6 Å². The van der Waals surface area contributed by atoms with E-state index in [-0.39, 0.29) is 11.3 Å². The second-order valence-corrected chi connectivity index (χ2v) is 7.31. The Hall–Kier alpha value is -0.960. The molecule has 2 unspecified atom stereocenters. The fourth-order valence-corrected chi connectivity index (χ4v) is 4.94. The Kier molecular flexibility index (Phi) is 3.34. The fraction of sp³-hybridized carbons (Fsp3) is 0.562. The maximum Gasteiger partial charge on any atom is 0.237 e. The molecule has 0 saturated carbocycles. The van der Waals surface area contributed by atoms with Crippen molar-refractivity contribution in [2.24, 2.45) is 0 Å². The van der Waals surface area contributed by atoms with Crippen LogP contribution in [0.1, 0.15) is 38.2 Å². The zero-order valence-corrected chi connectivity index (χ0v) is 12.5. The van der Waals surface area contributed by atoms with Crippen LogP contribution in [-0.4, -0.2) is 24.0 Å². The number of nitrogens with zero attached hydrogens (tertiary/aromatic N) is 1. The average Bonchev–Trinajstić information content (AvgIpc) is 2.63. The van der Waals surface area contributed by atoms with Gasteiger partial charge in [-0.05, 0) is 43.6 Å². The first-order valence-electron chi connectivity index (χ1n) is 7.12. The zero-order valence-electron chi connectivity index (χ0n) is 11.7. The Morgan fingerprint density at radius 1 is 1.37 bits per heavy atom. The van der Waals surface area contributed by atoms with Crippen molar-refractivity contribution in [3.63, 3.8) is 0 Å². The summed E-state index contributed by atoms with van der Waals surface area (Å²) in [7, 11) is 1.90. The van der Waals surface area contributed by atoms with Gasteiger partial charge in [-0.3, -0.25) is 4.79 Å². The summed E-state index contributed by atoms with van der Waals surface area (Å²) in [5, 5.41) is 0.641. The molecule has 1 aromatic rings. The molecule has 0 bridgehead atoms. The highest BCUT2D eigenvalue weighted by Gasteiger charge is 2.46. The highest BCUT2D eigenvalue weighted by Crippen LogP contribution is 2.46. The second-order valence-electron chi connectivity index (χ2n) is 5.91. The lowest BCUT2D eigenvalue weighted by Gasteiger charge is -2.30. The molecule has 2 nitrogen and oxygen atoms in total. The van der Waals surface area contributed by atoms with Crippen LogP contribution in [0.5, 0.6) is 0 Å². The van der Waals surface area contributed by atoms with E-state index >= 15 is 0 Å². The van der Waals surface area contributed by atoms with Gasteiger partial charge in [0.1, 0.15) is 0 Å². The molecule has 1 fully saturated rings. The van der Waals surface area contributed by atoms with E-state index in [4.69, 9.17) is 0 Å². The summed E-state index contributed by atoms with van der Waals surface area (Å²) in [6.45, 7) is 2.13. The fourth-order valence-electron chi connectivity index (χ4n) is 3.45. The summed E-state index contributed by atoms with van der Waals surface area (Å²) in [6.07, 6.45) is 4.90. The number of para-hydroxylation sites is 1. The molecule has 2 atom stereocenters. The first-order chi connectivity index (χ1) is 9.13. The highest BCUT2D eigenvalue weighted by atomic mass is 32.2. The first kappa shape index (κ1) is 13.0. The number of hydrogen-bond donors (Lipinski definition) is 0. The second kappa shape index (κ2) is 4.86. The summed E-state index contributed by atoms with van der Waals surface area (Å²) in [5.41, 5.74) is 1.99. The number of amides is 1. The van der Waals surface area contributed by atoms with Crippen LogP contribution in [0.4, 0.5) is 5.69 Å². The number of hydrogen-bond acceptors (Lipinski definition) is 2. The molecule has 1 aromatic carbocycles. The van der Waals surface area contributed by atoms with Crippen molar-refractivity contribution >= 4 is 23.4 Å². The maximum atomic E-state index is 12.7. The predicted octanol–water partition coefficient (Wildman–Crippen LogP) is 3.60. The SMILES string of the molecule is CN1C(=O)C(C)(CC2CCCCS2)c2ccccc21. The van der Waals surface area contributed by atoms with Gasteiger partial charge in [-0.2, -0.15) is 11.8 Å². The van der Waals surface area contributed by atoms with Crippen molar-refractivity contribution in [2.75, 3.05) is 17.7 Å². The molecule has 0 spiro atoms. The minimum atomic E-state index is -0.319. The minimum absolute atomic E-state index is 0.264. The summed E-state index contributed by atoms with van der Waals surface area (Å²) in [5.74, 6) is 1.52. The molecular formula is C16H21NOS. The molecule has 0 radical (unpaired) electrons.